The van der Waals surface area contributed by atoms with Gasteiger partial charge in [-0.3, -0.25) is 0 Å². The normalized spacial score (nSPS) is 10.7. The summed E-state index contributed by atoms with van der Waals surface area (Å²) in [6, 6.07) is 3.76. The van der Waals surface area contributed by atoms with Crippen LogP contribution >= 0.6 is 31.9 Å². The van der Waals surface area contributed by atoms with Crippen LogP contribution in [-0.4, -0.2) is 16.7 Å². The number of ether oxygens (including phenoxy) is 1. The molecule has 0 aliphatic heterocycles. The van der Waals surface area contributed by atoms with E-state index in [-0.39, 0.29) is 0 Å². The van der Waals surface area contributed by atoms with Crippen LogP contribution < -0.4 is 4.74 Å². The third kappa shape index (κ3) is 1.36. The molecule has 0 aromatic carbocycles. The fraction of sp³-hybridized carbons (Fsp3) is 0.125. The zero-order valence-corrected chi connectivity index (χ0v) is 9.96. The fourth-order valence-corrected chi connectivity index (χ4v) is 2.57. The van der Waals surface area contributed by atoms with Crippen molar-refractivity contribution in [3.8, 4) is 5.75 Å². The molecule has 2 rings (SSSR count). The van der Waals surface area contributed by atoms with Crippen molar-refractivity contribution < 1.29 is 4.74 Å². The Labute approximate surface area is 92.0 Å². The number of hydrogen-bond donors (Lipinski definition) is 0. The van der Waals surface area contributed by atoms with E-state index in [4.69, 9.17) is 4.74 Å². The monoisotopic (exact) mass is 304 g/mol. The first-order valence-electron chi connectivity index (χ1n) is 3.60. The van der Waals surface area contributed by atoms with Gasteiger partial charge in [0.05, 0.1) is 13.3 Å². The lowest BCUT2D eigenvalue weighted by atomic mass is 10.4. The molecule has 0 atom stereocenters. The number of nitrogens with zero attached hydrogens (tertiary/aromatic N) is 2. The minimum absolute atomic E-state index is 0.799. The molecule has 0 N–H and O–H groups in total. The molecule has 2 heterocycles. The molecule has 13 heavy (non-hydrogen) atoms. The molecule has 0 amide bonds. The largest absolute Gasteiger partial charge is 0.494 e. The van der Waals surface area contributed by atoms with Gasteiger partial charge in [0.2, 0.25) is 0 Å². The summed E-state index contributed by atoms with van der Waals surface area (Å²) in [5, 5.41) is 4.17. The van der Waals surface area contributed by atoms with E-state index >= 15 is 0 Å². The average molecular weight is 306 g/mol. The highest BCUT2D eigenvalue weighted by atomic mass is 79.9. The molecule has 0 unspecified atom stereocenters. The highest BCUT2D eigenvalue weighted by Crippen LogP contribution is 2.31. The standard InChI is InChI=1S/C8H6Br2N2O/c1-13-6-2-3-11-12-7(10)4-5(9)8(6)12/h2-4H,1H3. The summed E-state index contributed by atoms with van der Waals surface area (Å²) in [4.78, 5) is 0. The van der Waals surface area contributed by atoms with Crippen LogP contribution in [0.5, 0.6) is 5.75 Å². The zero-order valence-electron chi connectivity index (χ0n) is 6.79. The summed E-state index contributed by atoms with van der Waals surface area (Å²) < 4.78 is 8.84. The predicted molar refractivity (Wildman–Crippen MR) is 57.1 cm³/mol. The highest BCUT2D eigenvalue weighted by Gasteiger charge is 2.10. The second-order valence-electron chi connectivity index (χ2n) is 2.47. The van der Waals surface area contributed by atoms with Crippen LogP contribution in [0, 0.1) is 0 Å². The molecule has 5 heteroatoms. The van der Waals surface area contributed by atoms with Gasteiger partial charge in [-0.1, -0.05) is 0 Å². The molecule has 0 aliphatic carbocycles. The molecule has 3 nitrogen and oxygen atoms in total. The minimum Gasteiger partial charge on any atom is -0.494 e. The molecule has 68 valence electrons. The van der Waals surface area contributed by atoms with Gasteiger partial charge in [-0.25, -0.2) is 4.52 Å². The van der Waals surface area contributed by atoms with Crippen LogP contribution in [0.1, 0.15) is 0 Å². The lowest BCUT2D eigenvalue weighted by Crippen LogP contribution is -1.93. The van der Waals surface area contributed by atoms with Crippen LogP contribution in [0.4, 0.5) is 0 Å². The Balaban J connectivity index is 2.88. The SMILES string of the molecule is COc1ccnn2c(Br)cc(Br)c12. The lowest BCUT2D eigenvalue weighted by molar-refractivity contribution is 0.416. The van der Waals surface area contributed by atoms with Gasteiger partial charge >= 0.3 is 0 Å². The fourth-order valence-electron chi connectivity index (χ4n) is 1.19. The summed E-state index contributed by atoms with van der Waals surface area (Å²) >= 11 is 6.83. The van der Waals surface area contributed by atoms with Gasteiger partial charge in [0.15, 0.2) is 0 Å². The average Bonchev–Trinajstić information content (AvgIpc) is 2.43. The Morgan fingerprint density at radius 2 is 2.23 bits per heavy atom. The number of fused-ring (bicyclic) bond motifs is 1. The van der Waals surface area contributed by atoms with E-state index in [1.54, 1.807) is 17.8 Å². The molecule has 0 aliphatic rings. The predicted octanol–water partition coefficient (Wildman–Crippen LogP) is 2.87. The van der Waals surface area contributed by atoms with Crippen molar-refractivity contribution in [1.82, 2.24) is 9.61 Å². The summed E-state index contributed by atoms with van der Waals surface area (Å²) in [7, 11) is 1.64. The molecule has 0 saturated carbocycles. The van der Waals surface area contributed by atoms with E-state index in [9.17, 15) is 0 Å². The topological polar surface area (TPSA) is 26.5 Å². The van der Waals surface area contributed by atoms with Gasteiger partial charge in [0.1, 0.15) is 15.9 Å². The van der Waals surface area contributed by atoms with Crippen LogP contribution in [0.2, 0.25) is 0 Å². The zero-order chi connectivity index (χ0) is 9.42. The maximum Gasteiger partial charge on any atom is 0.147 e. The Kier molecular flexibility index (Phi) is 2.29. The molecule has 0 fully saturated rings. The van der Waals surface area contributed by atoms with Crippen molar-refractivity contribution in [1.29, 1.82) is 0 Å². The van der Waals surface area contributed by atoms with Crippen molar-refractivity contribution in [2.75, 3.05) is 7.11 Å². The third-order valence-electron chi connectivity index (χ3n) is 1.75. The van der Waals surface area contributed by atoms with E-state index in [1.165, 1.54) is 0 Å². The van der Waals surface area contributed by atoms with Crippen molar-refractivity contribution in [2.45, 2.75) is 0 Å². The molecular weight excluding hydrogens is 300 g/mol. The lowest BCUT2D eigenvalue weighted by Gasteiger charge is -2.02. The molecule has 2 aromatic heterocycles. The molecule has 0 saturated heterocycles. The first-order chi connectivity index (χ1) is 6.24. The molecule has 0 bridgehead atoms. The summed E-state index contributed by atoms with van der Waals surface area (Å²) in [6.45, 7) is 0. The Morgan fingerprint density at radius 3 is 2.92 bits per heavy atom. The number of rotatable bonds is 1. The Bertz CT molecular complexity index is 453. The van der Waals surface area contributed by atoms with E-state index in [2.05, 4.69) is 37.0 Å². The Morgan fingerprint density at radius 1 is 1.46 bits per heavy atom. The van der Waals surface area contributed by atoms with Gasteiger partial charge in [0.25, 0.3) is 0 Å². The molecule has 0 spiro atoms. The molecule has 2 aromatic rings. The van der Waals surface area contributed by atoms with E-state index < -0.39 is 0 Å². The van der Waals surface area contributed by atoms with E-state index in [0.29, 0.717) is 0 Å². The third-order valence-corrected chi connectivity index (χ3v) is 2.92. The maximum atomic E-state index is 5.21. The highest BCUT2D eigenvalue weighted by molar-refractivity contribution is 9.11. The first kappa shape index (κ1) is 9.02. The first-order valence-corrected chi connectivity index (χ1v) is 5.18. The second kappa shape index (κ2) is 3.31. The van der Waals surface area contributed by atoms with Crippen molar-refractivity contribution in [2.24, 2.45) is 0 Å². The van der Waals surface area contributed by atoms with E-state index in [0.717, 1.165) is 20.3 Å². The van der Waals surface area contributed by atoms with Crippen LogP contribution in [-0.2, 0) is 0 Å². The Hall–Kier alpha value is -0.550. The van der Waals surface area contributed by atoms with Gasteiger partial charge in [-0.2, -0.15) is 5.10 Å². The van der Waals surface area contributed by atoms with Crippen molar-refractivity contribution >= 4 is 37.4 Å². The van der Waals surface area contributed by atoms with Gasteiger partial charge in [-0.05, 0) is 37.9 Å². The minimum atomic E-state index is 0.799. The van der Waals surface area contributed by atoms with Crippen molar-refractivity contribution in [3.05, 3.63) is 27.4 Å². The van der Waals surface area contributed by atoms with E-state index in [1.807, 2.05) is 12.1 Å². The quantitative estimate of drug-likeness (QED) is 0.810. The smallest absolute Gasteiger partial charge is 0.147 e. The van der Waals surface area contributed by atoms with Crippen LogP contribution in [0.25, 0.3) is 5.52 Å². The summed E-state index contributed by atoms with van der Waals surface area (Å²) in [5.41, 5.74) is 0.928. The van der Waals surface area contributed by atoms with Gasteiger partial charge in [-0.15, -0.1) is 0 Å². The van der Waals surface area contributed by atoms with Crippen LogP contribution in [0.15, 0.2) is 27.4 Å². The number of aromatic nitrogens is 2. The molecule has 0 radical (unpaired) electrons. The summed E-state index contributed by atoms with van der Waals surface area (Å²) in [5.74, 6) is 0.799. The van der Waals surface area contributed by atoms with Gasteiger partial charge in [0, 0.05) is 10.5 Å². The van der Waals surface area contributed by atoms with Crippen LogP contribution in [0.3, 0.4) is 0 Å². The summed E-state index contributed by atoms with van der Waals surface area (Å²) in [6.07, 6.45) is 1.70. The van der Waals surface area contributed by atoms with Crippen molar-refractivity contribution in [3.63, 3.8) is 0 Å². The number of halogens is 2. The van der Waals surface area contributed by atoms with Gasteiger partial charge < -0.3 is 4.74 Å². The number of methoxy groups -OCH3 is 1. The number of hydrogen-bond acceptors (Lipinski definition) is 2. The maximum absolute atomic E-state index is 5.21. The molecular formula is C8H6Br2N2O. The second-order valence-corrected chi connectivity index (χ2v) is 4.14.